The normalized spacial score (nSPS) is 18.2. The number of carbonyl (C=O) groups excluding carboxylic acids is 3. The highest BCUT2D eigenvalue weighted by Gasteiger charge is 2.38. The minimum Gasteiger partial charge on any atom is -0.497 e. The van der Waals surface area contributed by atoms with E-state index < -0.39 is 6.09 Å². The highest BCUT2D eigenvalue weighted by Crippen LogP contribution is 2.32. The summed E-state index contributed by atoms with van der Waals surface area (Å²) in [5, 5.41) is 3.03. The van der Waals surface area contributed by atoms with Crippen molar-refractivity contribution >= 4 is 40.1 Å². The molecule has 2 aliphatic heterocycles. The van der Waals surface area contributed by atoms with Crippen LogP contribution in [0.3, 0.4) is 0 Å². The summed E-state index contributed by atoms with van der Waals surface area (Å²) in [6.07, 6.45) is 0.230. The van der Waals surface area contributed by atoms with Gasteiger partial charge >= 0.3 is 6.09 Å². The molecule has 1 fully saturated rings. The molecule has 1 atom stereocenters. The van der Waals surface area contributed by atoms with Crippen LogP contribution < -0.4 is 15.0 Å². The van der Waals surface area contributed by atoms with Gasteiger partial charge < -0.3 is 19.3 Å². The van der Waals surface area contributed by atoms with E-state index in [0.717, 1.165) is 16.3 Å². The van der Waals surface area contributed by atoms with Gasteiger partial charge in [0.25, 0.3) is 0 Å². The van der Waals surface area contributed by atoms with Crippen LogP contribution >= 0.6 is 11.3 Å². The zero-order chi connectivity index (χ0) is 21.3. The van der Waals surface area contributed by atoms with Crippen molar-refractivity contribution in [3.63, 3.8) is 0 Å². The number of anilines is 2. The first-order valence-corrected chi connectivity index (χ1v) is 10.4. The van der Waals surface area contributed by atoms with Gasteiger partial charge in [-0.1, -0.05) is 17.4 Å². The van der Waals surface area contributed by atoms with Crippen molar-refractivity contribution in [1.82, 2.24) is 9.88 Å². The lowest BCUT2D eigenvalue weighted by molar-refractivity contribution is -0.136. The number of amides is 3. The molecule has 2 aromatic rings. The van der Waals surface area contributed by atoms with Gasteiger partial charge in [-0.15, -0.1) is 0 Å². The number of aromatic nitrogens is 1. The topological polar surface area (TPSA) is 101 Å². The van der Waals surface area contributed by atoms with Crippen molar-refractivity contribution in [2.24, 2.45) is 5.92 Å². The van der Waals surface area contributed by atoms with Gasteiger partial charge in [0, 0.05) is 42.6 Å². The van der Waals surface area contributed by atoms with Crippen LogP contribution in [0.5, 0.6) is 5.75 Å². The largest absolute Gasteiger partial charge is 0.497 e. The van der Waals surface area contributed by atoms with Crippen molar-refractivity contribution in [3.05, 3.63) is 34.8 Å². The maximum atomic E-state index is 13.1. The Kier molecular flexibility index (Phi) is 5.58. The average molecular weight is 430 g/mol. The Hall–Kier alpha value is -3.14. The van der Waals surface area contributed by atoms with Gasteiger partial charge in [-0.3, -0.25) is 14.9 Å². The third-order valence-corrected chi connectivity index (χ3v) is 6.27. The molecule has 1 unspecified atom stereocenters. The van der Waals surface area contributed by atoms with Gasteiger partial charge in [0.1, 0.15) is 5.75 Å². The molecule has 3 heterocycles. The van der Waals surface area contributed by atoms with Crippen LogP contribution in [0.4, 0.5) is 15.6 Å². The summed E-state index contributed by atoms with van der Waals surface area (Å²) in [5.74, 6) is 0.183. The van der Waals surface area contributed by atoms with Crippen molar-refractivity contribution in [2.75, 3.05) is 37.5 Å². The molecule has 4 rings (SSSR count). The van der Waals surface area contributed by atoms with E-state index in [2.05, 4.69) is 15.0 Å². The van der Waals surface area contributed by atoms with E-state index in [1.165, 1.54) is 18.4 Å². The summed E-state index contributed by atoms with van der Waals surface area (Å²) in [7, 11) is 2.87. The van der Waals surface area contributed by atoms with Gasteiger partial charge in [-0.2, -0.15) is 0 Å². The van der Waals surface area contributed by atoms with E-state index in [-0.39, 0.29) is 24.2 Å². The maximum Gasteiger partial charge on any atom is 0.413 e. The van der Waals surface area contributed by atoms with Crippen molar-refractivity contribution in [1.29, 1.82) is 0 Å². The molecule has 3 amide bonds. The molecule has 0 saturated carbocycles. The molecule has 1 aromatic carbocycles. The van der Waals surface area contributed by atoms with Gasteiger partial charge in [0.05, 0.1) is 32.4 Å². The summed E-state index contributed by atoms with van der Waals surface area (Å²) in [6.45, 7) is 1.32. The van der Waals surface area contributed by atoms with E-state index in [0.29, 0.717) is 36.9 Å². The Morgan fingerprint density at radius 2 is 2.13 bits per heavy atom. The summed E-state index contributed by atoms with van der Waals surface area (Å²) in [4.78, 5) is 45.8. The quantitative estimate of drug-likeness (QED) is 0.799. The highest BCUT2D eigenvalue weighted by atomic mass is 32.1. The first-order chi connectivity index (χ1) is 14.5. The predicted molar refractivity (Wildman–Crippen MR) is 111 cm³/mol. The molecule has 0 bridgehead atoms. The van der Waals surface area contributed by atoms with E-state index >= 15 is 0 Å². The molecule has 2 aliphatic rings. The fourth-order valence-corrected chi connectivity index (χ4v) is 4.74. The first kappa shape index (κ1) is 20.1. The second-order valence-electron chi connectivity index (χ2n) is 7.12. The third kappa shape index (κ3) is 3.95. The number of benzene rings is 1. The Morgan fingerprint density at radius 1 is 1.30 bits per heavy atom. The zero-order valence-electron chi connectivity index (χ0n) is 16.7. The molecule has 0 aliphatic carbocycles. The lowest BCUT2D eigenvalue weighted by atomic mass is 10.1. The molecule has 158 valence electrons. The lowest BCUT2D eigenvalue weighted by Gasteiger charge is -2.28. The van der Waals surface area contributed by atoms with Gasteiger partial charge in [0.15, 0.2) is 5.13 Å². The smallest absolute Gasteiger partial charge is 0.413 e. The Bertz CT molecular complexity index is 991. The maximum absolute atomic E-state index is 13.1. The second-order valence-corrected chi connectivity index (χ2v) is 8.21. The molecule has 1 aromatic heterocycles. The minimum absolute atomic E-state index is 0.0322. The molecular weight excluding hydrogens is 408 g/mol. The van der Waals surface area contributed by atoms with Crippen LogP contribution in [0, 0.1) is 5.92 Å². The molecule has 0 radical (unpaired) electrons. The van der Waals surface area contributed by atoms with Gasteiger partial charge in [-0.25, -0.2) is 9.78 Å². The summed E-state index contributed by atoms with van der Waals surface area (Å²) in [6, 6.07) is 7.28. The molecule has 1 saturated heterocycles. The van der Waals surface area contributed by atoms with Crippen LogP contribution in [0.15, 0.2) is 24.3 Å². The molecule has 9 nitrogen and oxygen atoms in total. The van der Waals surface area contributed by atoms with Crippen LogP contribution in [0.1, 0.15) is 17.0 Å². The van der Waals surface area contributed by atoms with Crippen LogP contribution in [-0.4, -0.2) is 55.1 Å². The lowest BCUT2D eigenvalue weighted by Crippen LogP contribution is -2.40. The minimum atomic E-state index is -0.573. The fourth-order valence-electron chi connectivity index (χ4n) is 3.73. The molecule has 30 heavy (non-hydrogen) atoms. The van der Waals surface area contributed by atoms with Crippen molar-refractivity contribution in [2.45, 2.75) is 19.4 Å². The Labute approximate surface area is 177 Å². The predicted octanol–water partition coefficient (Wildman–Crippen LogP) is 2.27. The molecule has 0 spiro atoms. The van der Waals surface area contributed by atoms with Crippen LogP contribution in [0.2, 0.25) is 0 Å². The van der Waals surface area contributed by atoms with Gasteiger partial charge in [-0.05, 0) is 12.1 Å². The molecular formula is C20H22N4O5S. The number of nitrogens with one attached hydrogen (secondary N) is 1. The first-order valence-electron chi connectivity index (χ1n) is 9.55. The number of methoxy groups -OCH3 is 2. The number of thiazole rings is 1. The average Bonchev–Trinajstić information content (AvgIpc) is 3.35. The fraction of sp³-hybridized carbons (Fsp3) is 0.400. The summed E-state index contributed by atoms with van der Waals surface area (Å²) in [5.41, 5.74) is 1.62. The van der Waals surface area contributed by atoms with Gasteiger partial charge in [0.2, 0.25) is 11.8 Å². The number of hydrogen-bond donors (Lipinski definition) is 1. The summed E-state index contributed by atoms with van der Waals surface area (Å²) < 4.78 is 9.83. The number of rotatable bonds is 4. The van der Waals surface area contributed by atoms with E-state index in [9.17, 15) is 14.4 Å². The zero-order valence-corrected chi connectivity index (χ0v) is 17.5. The Morgan fingerprint density at radius 3 is 2.90 bits per heavy atom. The van der Waals surface area contributed by atoms with E-state index in [1.807, 2.05) is 18.2 Å². The van der Waals surface area contributed by atoms with Crippen molar-refractivity contribution < 1.29 is 23.9 Å². The molecule has 1 N–H and O–H groups in total. The number of hydrogen-bond acceptors (Lipinski definition) is 7. The number of carbonyl (C=O) groups is 3. The number of ether oxygens (including phenoxy) is 2. The van der Waals surface area contributed by atoms with E-state index in [4.69, 9.17) is 4.74 Å². The summed E-state index contributed by atoms with van der Waals surface area (Å²) >= 11 is 1.34. The van der Waals surface area contributed by atoms with Crippen molar-refractivity contribution in [3.8, 4) is 5.75 Å². The van der Waals surface area contributed by atoms with Crippen LogP contribution in [0.25, 0.3) is 0 Å². The van der Waals surface area contributed by atoms with Crippen LogP contribution in [-0.2, 0) is 27.3 Å². The Balaban J connectivity index is 1.43. The number of fused-ring (bicyclic) bond motifs is 1. The molecule has 10 heteroatoms. The second kappa shape index (κ2) is 8.31. The monoisotopic (exact) mass is 430 g/mol. The number of nitrogens with zero attached hydrogens (tertiary/aromatic N) is 3. The highest BCUT2D eigenvalue weighted by molar-refractivity contribution is 7.15. The SMILES string of the molecule is COC(=O)Nc1nc2c(s1)CN(C(=O)C1CC(=O)N(c3cccc(OC)c3)C1)CC2. The van der Waals surface area contributed by atoms with E-state index in [1.54, 1.807) is 23.0 Å². The third-order valence-electron chi connectivity index (χ3n) is 5.28. The standard InChI is InChI=1S/C20H22N4O5S/c1-28-14-5-3-4-13(9-14)24-10-12(8-17(24)25)18(26)23-7-6-15-16(11-23)30-19(21-15)22-20(27)29-2/h3-5,9,12H,6-8,10-11H2,1-2H3,(H,21,22,27).